The molecule has 22 heavy (non-hydrogen) atoms. The van der Waals surface area contributed by atoms with Crippen LogP contribution in [0.2, 0.25) is 0 Å². The van der Waals surface area contributed by atoms with E-state index in [0.717, 1.165) is 25.1 Å². The van der Waals surface area contributed by atoms with Gasteiger partial charge in [0.15, 0.2) is 0 Å². The fraction of sp³-hybridized carbons (Fsp3) is 0.737. The third-order valence-electron chi connectivity index (χ3n) is 4.73. The maximum atomic E-state index is 11.8. The molecule has 3 rings (SSSR count). The maximum absolute atomic E-state index is 11.8. The largest absolute Gasteiger partial charge is 0.350 e. The molecule has 3 heterocycles. The van der Waals surface area contributed by atoms with Gasteiger partial charge in [0.2, 0.25) is 0 Å². The molecule has 3 nitrogen and oxygen atoms in total. The third-order valence-corrected chi connectivity index (χ3v) is 4.73. The van der Waals surface area contributed by atoms with Crippen molar-refractivity contribution in [1.29, 1.82) is 0 Å². The molecule has 0 atom stereocenters. The smallest absolute Gasteiger partial charge is 0.255 e. The van der Waals surface area contributed by atoms with E-state index < -0.39 is 0 Å². The van der Waals surface area contributed by atoms with Gasteiger partial charge in [-0.2, -0.15) is 0 Å². The fourth-order valence-electron chi connectivity index (χ4n) is 3.51. The molecule has 0 radical (unpaired) electrons. The summed E-state index contributed by atoms with van der Waals surface area (Å²) in [4.78, 5) is 13.6. The molecule has 1 amide bonds. The van der Waals surface area contributed by atoms with E-state index >= 15 is 0 Å². The number of carbonyl (C=O) groups excluding carboxylic acids is 1. The summed E-state index contributed by atoms with van der Waals surface area (Å²) in [6.45, 7) is 10.9. The summed E-state index contributed by atoms with van der Waals surface area (Å²) in [5.41, 5.74) is 3.94. The Morgan fingerprint density at radius 3 is 2.36 bits per heavy atom. The zero-order valence-corrected chi connectivity index (χ0v) is 15.0. The van der Waals surface area contributed by atoms with Crippen LogP contribution >= 0.6 is 0 Å². The Bertz CT molecular complexity index is 524. The number of nitrogens with zero attached hydrogens (tertiary/aromatic N) is 2. The van der Waals surface area contributed by atoms with Crippen molar-refractivity contribution in [2.75, 3.05) is 7.05 Å². The second kappa shape index (κ2) is 6.89. The van der Waals surface area contributed by atoms with Crippen LogP contribution in [0.5, 0.6) is 0 Å². The molecule has 1 aromatic rings. The second-order valence-corrected chi connectivity index (χ2v) is 7.66. The number of hydrogen-bond donors (Lipinski definition) is 0. The Morgan fingerprint density at radius 1 is 1.14 bits per heavy atom. The summed E-state index contributed by atoms with van der Waals surface area (Å²) in [5, 5.41) is 0. The average Bonchev–Trinajstić information content (AvgIpc) is 3.01. The van der Waals surface area contributed by atoms with Crippen molar-refractivity contribution in [1.82, 2.24) is 9.47 Å². The van der Waals surface area contributed by atoms with Gasteiger partial charge in [0.05, 0.1) is 5.56 Å². The maximum Gasteiger partial charge on any atom is 0.255 e. The van der Waals surface area contributed by atoms with Gasteiger partial charge in [-0.05, 0) is 11.8 Å². The lowest BCUT2D eigenvalue weighted by molar-refractivity contribution is 0.0815. The van der Waals surface area contributed by atoms with E-state index in [1.54, 1.807) is 4.90 Å². The Hall–Kier alpha value is -1.25. The highest BCUT2D eigenvalue weighted by Crippen LogP contribution is 2.38. The first-order valence-electron chi connectivity index (χ1n) is 8.86. The highest BCUT2D eigenvalue weighted by molar-refractivity contribution is 5.98. The number of amides is 1. The summed E-state index contributed by atoms with van der Waals surface area (Å²) >= 11 is 0. The van der Waals surface area contributed by atoms with E-state index in [1.807, 2.05) is 13.2 Å². The van der Waals surface area contributed by atoms with E-state index in [4.69, 9.17) is 0 Å². The van der Waals surface area contributed by atoms with Crippen molar-refractivity contribution in [3.05, 3.63) is 23.0 Å². The molecule has 0 aromatic carbocycles. The lowest BCUT2D eigenvalue weighted by Gasteiger charge is -2.14. The molecular formula is C19H32N2O. The number of carbonyl (C=O) groups is 1. The van der Waals surface area contributed by atoms with Crippen molar-refractivity contribution in [2.24, 2.45) is 5.41 Å². The molecule has 1 aromatic heterocycles. The van der Waals surface area contributed by atoms with Gasteiger partial charge in [-0.3, -0.25) is 4.79 Å². The van der Waals surface area contributed by atoms with Crippen LogP contribution in [0.15, 0.2) is 6.20 Å². The minimum Gasteiger partial charge on any atom is -0.350 e. The van der Waals surface area contributed by atoms with Crippen molar-refractivity contribution in [3.8, 4) is 0 Å². The highest BCUT2D eigenvalue weighted by Gasteiger charge is 2.37. The first-order valence-corrected chi connectivity index (χ1v) is 8.86. The van der Waals surface area contributed by atoms with E-state index in [1.165, 1.54) is 43.4 Å². The fourth-order valence-corrected chi connectivity index (χ4v) is 3.51. The van der Waals surface area contributed by atoms with E-state index in [9.17, 15) is 4.79 Å². The normalized spacial score (nSPS) is 18.0. The van der Waals surface area contributed by atoms with E-state index in [2.05, 4.69) is 32.3 Å². The molecule has 0 unspecified atom stereocenters. The molecule has 3 heteroatoms. The highest BCUT2D eigenvalue weighted by atomic mass is 16.2. The summed E-state index contributed by atoms with van der Waals surface area (Å²) in [6, 6.07) is 0. The van der Waals surface area contributed by atoms with Crippen LogP contribution in [0.1, 0.15) is 81.4 Å². The number of unbranched alkanes of at least 4 members (excludes halogenated alkanes) is 4. The van der Waals surface area contributed by atoms with Crippen molar-refractivity contribution >= 4 is 5.91 Å². The summed E-state index contributed by atoms with van der Waals surface area (Å²) in [5.74, 6) is 0.185. The summed E-state index contributed by atoms with van der Waals surface area (Å²) in [6.07, 6.45) is 10.2. The van der Waals surface area contributed by atoms with Crippen LogP contribution in [-0.2, 0) is 19.5 Å². The molecule has 124 valence electrons. The van der Waals surface area contributed by atoms with Crippen LogP contribution in [-0.4, -0.2) is 22.4 Å². The lowest BCUT2D eigenvalue weighted by atomic mass is 9.90. The number of rotatable bonds is 4. The van der Waals surface area contributed by atoms with Gasteiger partial charge in [0.25, 0.3) is 5.91 Å². The van der Waals surface area contributed by atoms with Crippen LogP contribution in [0.3, 0.4) is 0 Å². The number of hydrogen-bond acceptors (Lipinski definition) is 1. The summed E-state index contributed by atoms with van der Waals surface area (Å²) in [7, 11) is 1.87. The molecule has 0 N–H and O–H groups in total. The SMILES string of the molecule is CCCCCCC.CN1Cc2c(cn3c2CC(C)(C)C3)C1=O. The minimum atomic E-state index is 0.185. The monoisotopic (exact) mass is 304 g/mol. The quantitative estimate of drug-likeness (QED) is 0.744. The van der Waals surface area contributed by atoms with Crippen LogP contribution in [0, 0.1) is 5.41 Å². The predicted molar refractivity (Wildman–Crippen MR) is 92.1 cm³/mol. The third kappa shape index (κ3) is 3.56. The first kappa shape index (κ1) is 17.1. The zero-order valence-electron chi connectivity index (χ0n) is 15.0. The van der Waals surface area contributed by atoms with Crippen molar-refractivity contribution in [3.63, 3.8) is 0 Å². The van der Waals surface area contributed by atoms with Gasteiger partial charge in [-0.25, -0.2) is 0 Å². The Morgan fingerprint density at radius 2 is 1.77 bits per heavy atom. The van der Waals surface area contributed by atoms with Gasteiger partial charge in [0, 0.05) is 37.6 Å². The molecule has 0 saturated carbocycles. The first-order chi connectivity index (χ1) is 10.4. The van der Waals surface area contributed by atoms with Crippen molar-refractivity contribution in [2.45, 2.75) is 79.3 Å². The van der Waals surface area contributed by atoms with Gasteiger partial charge in [-0.1, -0.05) is 59.8 Å². The molecule has 0 aliphatic carbocycles. The second-order valence-electron chi connectivity index (χ2n) is 7.66. The van der Waals surface area contributed by atoms with Gasteiger partial charge < -0.3 is 9.47 Å². The number of fused-ring (bicyclic) bond motifs is 3. The van der Waals surface area contributed by atoms with Crippen LogP contribution < -0.4 is 0 Å². The van der Waals surface area contributed by atoms with Crippen LogP contribution in [0.4, 0.5) is 0 Å². The van der Waals surface area contributed by atoms with Gasteiger partial charge in [0.1, 0.15) is 0 Å². The molecule has 0 bridgehead atoms. The van der Waals surface area contributed by atoms with Crippen LogP contribution in [0.25, 0.3) is 0 Å². The van der Waals surface area contributed by atoms with Crippen molar-refractivity contribution < 1.29 is 4.79 Å². The number of aromatic nitrogens is 1. The molecule has 0 saturated heterocycles. The molecule has 2 aliphatic heterocycles. The summed E-state index contributed by atoms with van der Waals surface area (Å²) < 4.78 is 2.27. The van der Waals surface area contributed by atoms with E-state index in [-0.39, 0.29) is 5.91 Å². The lowest BCUT2D eigenvalue weighted by Crippen LogP contribution is -2.18. The van der Waals surface area contributed by atoms with E-state index in [0.29, 0.717) is 5.41 Å². The molecule has 2 aliphatic rings. The average molecular weight is 304 g/mol. The Labute approximate surface area is 135 Å². The minimum absolute atomic E-state index is 0.185. The van der Waals surface area contributed by atoms with Gasteiger partial charge >= 0.3 is 0 Å². The molecular weight excluding hydrogens is 272 g/mol. The van der Waals surface area contributed by atoms with Gasteiger partial charge in [-0.15, -0.1) is 0 Å². The topological polar surface area (TPSA) is 25.2 Å². The molecule has 0 spiro atoms. The standard InChI is InChI=1S/C12H16N2O.C7H16/c1-12(2)4-10-8-5-13(3)11(15)9(8)6-14(10)7-12;1-3-5-7-6-4-2/h6H,4-5,7H2,1-3H3;3-7H2,1-2H3. The molecule has 0 fully saturated rings. The predicted octanol–water partition coefficient (Wildman–Crippen LogP) is 4.63. The zero-order chi connectivity index (χ0) is 16.3. The Kier molecular flexibility index (Phi) is 5.36. The Balaban J connectivity index is 0.000000217.